The second-order valence-electron chi connectivity index (χ2n) is 5.95. The van der Waals surface area contributed by atoms with E-state index in [1.807, 2.05) is 0 Å². The van der Waals surface area contributed by atoms with E-state index in [1.54, 1.807) is 18.2 Å². The maximum atomic E-state index is 13.2. The van der Waals surface area contributed by atoms with Crippen LogP contribution in [0.5, 0.6) is 5.75 Å². The Kier molecular flexibility index (Phi) is 6.15. The molecule has 1 aliphatic rings. The molecule has 7 nitrogen and oxygen atoms in total. The molecule has 2 heterocycles. The van der Waals surface area contributed by atoms with Gasteiger partial charge < -0.3 is 9.84 Å². The molecule has 2 aromatic rings. The standard InChI is InChI=1S/C16H12BrClF4N4O3/c17-9-5-8(18)1-2-12(9)29-7-25-4-3-10(23-25)14(27)26-16(28,15(21)22)6-11(24-26)13(19)20/h1-5,13,15,28H,6-7H2/t16-/m0/s1. The van der Waals surface area contributed by atoms with Crippen LogP contribution in [-0.4, -0.2) is 50.1 Å². The lowest BCUT2D eigenvalue weighted by Crippen LogP contribution is -2.51. The highest BCUT2D eigenvalue weighted by Crippen LogP contribution is 2.34. The van der Waals surface area contributed by atoms with Gasteiger partial charge in [-0.25, -0.2) is 22.2 Å². The Balaban J connectivity index is 1.75. The Labute approximate surface area is 174 Å². The van der Waals surface area contributed by atoms with E-state index in [0.717, 1.165) is 6.07 Å². The van der Waals surface area contributed by atoms with Crippen LogP contribution in [0.4, 0.5) is 17.6 Å². The predicted molar refractivity (Wildman–Crippen MR) is 97.2 cm³/mol. The van der Waals surface area contributed by atoms with Gasteiger partial charge in [0.2, 0.25) is 5.72 Å². The van der Waals surface area contributed by atoms with Crippen LogP contribution in [0.15, 0.2) is 40.0 Å². The first-order valence-corrected chi connectivity index (χ1v) is 9.11. The van der Waals surface area contributed by atoms with Crippen molar-refractivity contribution in [3.05, 3.63) is 45.7 Å². The van der Waals surface area contributed by atoms with Crippen LogP contribution in [-0.2, 0) is 6.73 Å². The third-order valence-corrected chi connectivity index (χ3v) is 4.79. The van der Waals surface area contributed by atoms with E-state index in [-0.39, 0.29) is 17.4 Å². The normalized spacial score (nSPS) is 19.2. The minimum absolute atomic E-state index is 0.0531. The van der Waals surface area contributed by atoms with Crippen LogP contribution in [0.1, 0.15) is 16.9 Å². The van der Waals surface area contributed by atoms with E-state index in [0.29, 0.717) is 15.2 Å². The molecule has 13 heteroatoms. The van der Waals surface area contributed by atoms with E-state index in [2.05, 4.69) is 26.1 Å². The second-order valence-corrected chi connectivity index (χ2v) is 7.24. The Hall–Kier alpha value is -2.18. The van der Waals surface area contributed by atoms with Crippen molar-refractivity contribution in [2.24, 2.45) is 5.10 Å². The molecule has 1 atom stereocenters. The van der Waals surface area contributed by atoms with Crippen LogP contribution in [0.3, 0.4) is 0 Å². The largest absolute Gasteiger partial charge is 0.470 e. The lowest BCUT2D eigenvalue weighted by atomic mass is 10.1. The summed E-state index contributed by atoms with van der Waals surface area (Å²) in [6.07, 6.45) is -6.56. The lowest BCUT2D eigenvalue weighted by molar-refractivity contribution is -0.164. The number of nitrogens with zero attached hydrogens (tertiary/aromatic N) is 4. The number of carbonyl (C=O) groups is 1. The van der Waals surface area contributed by atoms with Gasteiger partial charge in [-0.3, -0.25) is 4.79 Å². The molecule has 1 N–H and O–H groups in total. The third-order valence-electron chi connectivity index (χ3n) is 3.94. The zero-order valence-corrected chi connectivity index (χ0v) is 16.6. The average Bonchev–Trinajstić information content (AvgIpc) is 3.26. The summed E-state index contributed by atoms with van der Waals surface area (Å²) < 4.78 is 59.4. The smallest absolute Gasteiger partial charge is 0.297 e. The van der Waals surface area contributed by atoms with Gasteiger partial charge in [0.25, 0.3) is 18.8 Å². The molecule has 156 valence electrons. The number of hydrogen-bond acceptors (Lipinski definition) is 5. The number of hydrazone groups is 1. The highest BCUT2D eigenvalue weighted by molar-refractivity contribution is 9.10. The summed E-state index contributed by atoms with van der Waals surface area (Å²) in [5, 5.41) is 17.5. The lowest BCUT2D eigenvalue weighted by Gasteiger charge is -2.29. The average molecular weight is 500 g/mol. The molecule has 3 rings (SSSR count). The van der Waals surface area contributed by atoms with Gasteiger partial charge in [0.15, 0.2) is 12.4 Å². The monoisotopic (exact) mass is 498 g/mol. The van der Waals surface area contributed by atoms with Crippen molar-refractivity contribution in [3.8, 4) is 5.75 Å². The summed E-state index contributed by atoms with van der Waals surface area (Å²) in [6, 6.07) is 5.95. The molecule has 1 amide bonds. The van der Waals surface area contributed by atoms with E-state index in [1.165, 1.54) is 10.9 Å². The molecule has 1 aromatic heterocycles. The summed E-state index contributed by atoms with van der Waals surface area (Å²) in [5.41, 5.74) is -4.57. The molecule has 0 spiro atoms. The number of halogens is 6. The van der Waals surface area contributed by atoms with Crippen LogP contribution in [0.25, 0.3) is 0 Å². The van der Waals surface area contributed by atoms with Gasteiger partial charge in [-0.2, -0.15) is 15.2 Å². The summed E-state index contributed by atoms with van der Waals surface area (Å²) in [4.78, 5) is 12.5. The number of aliphatic hydroxyl groups is 1. The maximum Gasteiger partial charge on any atom is 0.297 e. The van der Waals surface area contributed by atoms with E-state index in [4.69, 9.17) is 16.3 Å². The molecule has 0 unspecified atom stereocenters. The molecule has 29 heavy (non-hydrogen) atoms. The summed E-state index contributed by atoms with van der Waals surface area (Å²) in [6.45, 7) is -0.155. The van der Waals surface area contributed by atoms with E-state index in [9.17, 15) is 27.5 Å². The Bertz CT molecular complexity index is 958. The Morgan fingerprint density at radius 1 is 1.34 bits per heavy atom. The van der Waals surface area contributed by atoms with Gasteiger partial charge in [-0.1, -0.05) is 11.6 Å². The van der Waals surface area contributed by atoms with Crippen LogP contribution in [0.2, 0.25) is 5.02 Å². The zero-order chi connectivity index (χ0) is 21.3. The van der Waals surface area contributed by atoms with Gasteiger partial charge in [0, 0.05) is 17.6 Å². The third kappa shape index (κ3) is 4.38. The maximum absolute atomic E-state index is 13.2. The van der Waals surface area contributed by atoms with Crippen LogP contribution in [0, 0.1) is 0 Å². The first-order chi connectivity index (χ1) is 13.6. The fraction of sp³-hybridized carbons (Fsp3) is 0.312. The number of carbonyl (C=O) groups excluding carboxylic acids is 1. The molecule has 1 aromatic carbocycles. The van der Waals surface area contributed by atoms with Crippen LogP contribution < -0.4 is 4.74 Å². The zero-order valence-electron chi connectivity index (χ0n) is 14.3. The number of benzene rings is 1. The molecule has 0 saturated carbocycles. The van der Waals surface area contributed by atoms with Crippen molar-refractivity contribution >= 4 is 39.1 Å². The molecular weight excluding hydrogens is 488 g/mol. The van der Waals surface area contributed by atoms with Gasteiger partial charge in [0.1, 0.15) is 11.5 Å². The quantitative estimate of drug-likeness (QED) is 0.614. The summed E-state index contributed by atoms with van der Waals surface area (Å²) in [7, 11) is 0. The number of amides is 1. The van der Waals surface area contributed by atoms with Crippen molar-refractivity contribution in [2.75, 3.05) is 0 Å². The molecule has 0 radical (unpaired) electrons. The number of rotatable bonds is 6. The van der Waals surface area contributed by atoms with Gasteiger partial charge in [-0.05, 0) is 40.2 Å². The molecule has 0 fully saturated rings. The number of ether oxygens (including phenoxy) is 1. The van der Waals surface area contributed by atoms with Gasteiger partial charge in [0.05, 0.1) is 4.47 Å². The molecule has 0 aliphatic carbocycles. The Morgan fingerprint density at radius 3 is 2.69 bits per heavy atom. The van der Waals surface area contributed by atoms with Crippen molar-refractivity contribution in [1.29, 1.82) is 0 Å². The van der Waals surface area contributed by atoms with Gasteiger partial charge >= 0.3 is 0 Å². The molecular formula is C16H12BrClF4N4O3. The van der Waals surface area contributed by atoms with Crippen molar-refractivity contribution in [3.63, 3.8) is 0 Å². The molecule has 0 saturated heterocycles. The molecule has 1 aliphatic heterocycles. The predicted octanol–water partition coefficient (Wildman–Crippen LogP) is 3.76. The summed E-state index contributed by atoms with van der Waals surface area (Å²) in [5.74, 6) is -0.828. The topological polar surface area (TPSA) is 80.0 Å². The van der Waals surface area contributed by atoms with Crippen molar-refractivity contribution in [2.45, 2.75) is 31.7 Å². The SMILES string of the molecule is O=C(c1ccn(COc2ccc(Cl)cc2Br)n1)N1N=C(C(F)F)C[C@]1(O)C(F)F. The minimum atomic E-state index is -3.51. The highest BCUT2D eigenvalue weighted by atomic mass is 79.9. The second kappa shape index (κ2) is 8.28. The fourth-order valence-corrected chi connectivity index (χ4v) is 3.28. The Morgan fingerprint density at radius 2 is 2.07 bits per heavy atom. The highest BCUT2D eigenvalue weighted by Gasteiger charge is 2.53. The number of aromatic nitrogens is 2. The van der Waals surface area contributed by atoms with E-state index < -0.39 is 36.6 Å². The van der Waals surface area contributed by atoms with Crippen LogP contribution >= 0.6 is 27.5 Å². The van der Waals surface area contributed by atoms with E-state index >= 15 is 0 Å². The molecule has 0 bridgehead atoms. The van der Waals surface area contributed by atoms with Crippen molar-refractivity contribution < 1.29 is 32.2 Å². The van der Waals surface area contributed by atoms with Crippen molar-refractivity contribution in [1.82, 2.24) is 14.8 Å². The number of alkyl halides is 4. The first-order valence-electron chi connectivity index (χ1n) is 7.93. The first kappa shape index (κ1) is 21.5. The van der Waals surface area contributed by atoms with Gasteiger partial charge in [-0.15, -0.1) is 0 Å². The minimum Gasteiger partial charge on any atom is -0.470 e. The fourth-order valence-electron chi connectivity index (χ4n) is 2.49. The summed E-state index contributed by atoms with van der Waals surface area (Å²) >= 11 is 9.10. The number of hydrogen-bond donors (Lipinski definition) is 1.